The molecule has 0 unspecified atom stereocenters. The second-order valence-electron chi connectivity index (χ2n) is 6.97. The number of carbonyl (C=O) groups excluding carboxylic acids is 1. The van der Waals surface area contributed by atoms with Gasteiger partial charge in [0, 0.05) is 17.6 Å². The van der Waals surface area contributed by atoms with E-state index in [1.807, 2.05) is 31.2 Å². The fourth-order valence-electron chi connectivity index (χ4n) is 2.78. The predicted octanol–water partition coefficient (Wildman–Crippen LogP) is 2.65. The maximum Gasteiger partial charge on any atom is 0.272 e. The zero-order valence-corrected chi connectivity index (χ0v) is 14.6. The minimum atomic E-state index is -0.204. The molecule has 3 rings (SSSR count). The van der Waals surface area contributed by atoms with Crippen LogP contribution >= 0.6 is 0 Å². The summed E-state index contributed by atoms with van der Waals surface area (Å²) in [6.45, 7) is 9.22. The van der Waals surface area contributed by atoms with Crippen LogP contribution in [-0.4, -0.2) is 27.9 Å². The van der Waals surface area contributed by atoms with E-state index in [0.717, 1.165) is 17.0 Å². The summed E-state index contributed by atoms with van der Waals surface area (Å²) >= 11 is 0. The Kier molecular flexibility index (Phi) is 3.91. The van der Waals surface area contributed by atoms with Gasteiger partial charge in [-0.3, -0.25) is 9.48 Å². The molecule has 6 heteroatoms. The van der Waals surface area contributed by atoms with Crippen LogP contribution in [0.5, 0.6) is 0 Å². The largest absolute Gasteiger partial charge is 0.399 e. The summed E-state index contributed by atoms with van der Waals surface area (Å²) in [6, 6.07) is 7.52. The molecule has 1 aromatic heterocycles. The number of nitrogens with zero attached hydrogens (tertiary/aromatic N) is 3. The fourth-order valence-corrected chi connectivity index (χ4v) is 2.78. The van der Waals surface area contributed by atoms with E-state index in [1.54, 1.807) is 4.68 Å². The van der Waals surface area contributed by atoms with E-state index in [4.69, 9.17) is 10.7 Å². The number of amides is 1. The number of rotatable bonds is 2. The van der Waals surface area contributed by atoms with Crippen LogP contribution in [0.1, 0.15) is 49.4 Å². The lowest BCUT2D eigenvalue weighted by atomic mass is 9.91. The van der Waals surface area contributed by atoms with Gasteiger partial charge < -0.3 is 11.1 Å². The zero-order chi connectivity index (χ0) is 17.5. The van der Waals surface area contributed by atoms with Crippen molar-refractivity contribution in [2.45, 2.75) is 39.7 Å². The molecule has 1 amide bonds. The summed E-state index contributed by atoms with van der Waals surface area (Å²) in [7, 11) is 0. The number of aromatic nitrogens is 2. The topological polar surface area (TPSA) is 85.3 Å². The molecular weight excluding hydrogens is 302 g/mol. The molecule has 0 atom stereocenters. The van der Waals surface area contributed by atoms with Gasteiger partial charge in [-0.15, -0.1) is 0 Å². The summed E-state index contributed by atoms with van der Waals surface area (Å²) in [5.74, 6) is -0.135. The highest BCUT2D eigenvalue weighted by molar-refractivity contribution is 6.10. The lowest BCUT2D eigenvalue weighted by Gasteiger charge is -2.16. The number of aryl methyl sites for hydroxylation is 1. The van der Waals surface area contributed by atoms with Crippen LogP contribution in [0.3, 0.4) is 0 Å². The number of benzene rings is 1. The molecule has 0 spiro atoms. The molecule has 126 valence electrons. The molecule has 0 saturated carbocycles. The van der Waals surface area contributed by atoms with Gasteiger partial charge in [0.25, 0.3) is 5.91 Å². The number of hydrogen-bond acceptors (Lipinski definition) is 4. The van der Waals surface area contributed by atoms with Crippen LogP contribution in [-0.2, 0) is 12.0 Å². The Hall–Kier alpha value is -2.63. The fraction of sp³-hybridized carbons (Fsp3) is 0.389. The first kappa shape index (κ1) is 16.2. The van der Waals surface area contributed by atoms with E-state index in [1.165, 1.54) is 0 Å². The van der Waals surface area contributed by atoms with Crippen molar-refractivity contribution in [1.29, 1.82) is 0 Å². The maximum atomic E-state index is 12.6. The van der Waals surface area contributed by atoms with Crippen LogP contribution in [0.25, 0.3) is 0 Å². The SMILES string of the molecule is CCn1nc(C(C)(C)C)c2c1C(=O)NCC(c1ccc(N)cc1)=N2. The highest BCUT2D eigenvalue weighted by Crippen LogP contribution is 2.35. The van der Waals surface area contributed by atoms with Crippen molar-refractivity contribution in [1.82, 2.24) is 15.1 Å². The molecule has 1 aliphatic rings. The Labute approximate surface area is 141 Å². The van der Waals surface area contributed by atoms with Crippen LogP contribution in [0.4, 0.5) is 11.4 Å². The molecule has 1 aromatic carbocycles. The molecule has 0 radical (unpaired) electrons. The normalized spacial score (nSPS) is 14.7. The first-order valence-corrected chi connectivity index (χ1v) is 8.14. The number of hydrogen-bond donors (Lipinski definition) is 2. The number of nitrogens with one attached hydrogen (secondary N) is 1. The van der Waals surface area contributed by atoms with Crippen molar-refractivity contribution in [2.75, 3.05) is 12.3 Å². The van der Waals surface area contributed by atoms with Crippen molar-refractivity contribution in [2.24, 2.45) is 4.99 Å². The first-order valence-electron chi connectivity index (χ1n) is 8.14. The monoisotopic (exact) mass is 325 g/mol. The van der Waals surface area contributed by atoms with Gasteiger partial charge in [0.2, 0.25) is 0 Å². The number of nitrogens with two attached hydrogens (primary N) is 1. The van der Waals surface area contributed by atoms with Crippen molar-refractivity contribution >= 4 is 23.0 Å². The van der Waals surface area contributed by atoms with Crippen molar-refractivity contribution in [3.05, 3.63) is 41.2 Å². The summed E-state index contributed by atoms with van der Waals surface area (Å²) < 4.78 is 1.74. The number of anilines is 1. The molecule has 0 saturated heterocycles. The molecule has 1 aliphatic heterocycles. The smallest absolute Gasteiger partial charge is 0.272 e. The third kappa shape index (κ3) is 2.79. The lowest BCUT2D eigenvalue weighted by molar-refractivity contribution is 0.0950. The lowest BCUT2D eigenvalue weighted by Crippen LogP contribution is -2.29. The average Bonchev–Trinajstić information content (AvgIpc) is 2.82. The number of carbonyl (C=O) groups is 1. The van der Waals surface area contributed by atoms with Crippen LogP contribution < -0.4 is 11.1 Å². The Morgan fingerprint density at radius 1 is 1.25 bits per heavy atom. The Balaban J connectivity index is 2.21. The highest BCUT2D eigenvalue weighted by atomic mass is 16.2. The van der Waals surface area contributed by atoms with Crippen LogP contribution in [0.2, 0.25) is 0 Å². The van der Waals surface area contributed by atoms with E-state index >= 15 is 0 Å². The van der Waals surface area contributed by atoms with Gasteiger partial charge in [-0.25, -0.2) is 4.99 Å². The van der Waals surface area contributed by atoms with Gasteiger partial charge in [0.1, 0.15) is 5.69 Å². The Morgan fingerprint density at radius 2 is 1.92 bits per heavy atom. The third-order valence-corrected chi connectivity index (χ3v) is 4.06. The second-order valence-corrected chi connectivity index (χ2v) is 6.97. The molecule has 0 fully saturated rings. The van der Waals surface area contributed by atoms with E-state index in [9.17, 15) is 4.79 Å². The standard InChI is InChI=1S/C18H23N5O/c1-5-23-15-14(16(22-23)18(2,3)4)21-13(10-20-17(15)24)11-6-8-12(19)9-7-11/h6-9H,5,10,19H2,1-4H3,(H,20,24). The van der Waals surface area contributed by atoms with Crippen LogP contribution in [0.15, 0.2) is 29.3 Å². The molecule has 0 bridgehead atoms. The third-order valence-electron chi connectivity index (χ3n) is 4.06. The van der Waals surface area contributed by atoms with Gasteiger partial charge in [-0.2, -0.15) is 5.10 Å². The zero-order valence-electron chi connectivity index (χ0n) is 14.6. The predicted molar refractivity (Wildman–Crippen MR) is 96.0 cm³/mol. The van der Waals surface area contributed by atoms with E-state index in [2.05, 4.69) is 31.2 Å². The second kappa shape index (κ2) is 5.78. The van der Waals surface area contributed by atoms with Crippen molar-refractivity contribution in [3.8, 4) is 0 Å². The molecule has 0 aliphatic carbocycles. The summed E-state index contributed by atoms with van der Waals surface area (Å²) in [5.41, 5.74) is 10.1. The van der Waals surface area contributed by atoms with E-state index < -0.39 is 0 Å². The van der Waals surface area contributed by atoms with Crippen molar-refractivity contribution < 1.29 is 4.79 Å². The number of nitrogen functional groups attached to an aromatic ring is 1. The number of aliphatic imine (C=N–C) groups is 1. The Morgan fingerprint density at radius 3 is 2.50 bits per heavy atom. The summed E-state index contributed by atoms with van der Waals surface area (Å²) in [5, 5.41) is 7.59. The molecule has 2 aromatic rings. The molecular formula is C18H23N5O. The summed E-state index contributed by atoms with van der Waals surface area (Å²) in [4.78, 5) is 17.4. The molecule has 24 heavy (non-hydrogen) atoms. The molecule has 3 N–H and O–H groups in total. The summed E-state index contributed by atoms with van der Waals surface area (Å²) in [6.07, 6.45) is 0. The van der Waals surface area contributed by atoms with Crippen LogP contribution in [0, 0.1) is 0 Å². The van der Waals surface area contributed by atoms with Gasteiger partial charge in [-0.1, -0.05) is 32.9 Å². The van der Waals surface area contributed by atoms with Gasteiger partial charge in [0.15, 0.2) is 5.69 Å². The Bertz CT molecular complexity index is 809. The van der Waals surface area contributed by atoms with Gasteiger partial charge >= 0.3 is 0 Å². The van der Waals surface area contributed by atoms with E-state index in [0.29, 0.717) is 30.2 Å². The average molecular weight is 325 g/mol. The highest BCUT2D eigenvalue weighted by Gasteiger charge is 2.31. The van der Waals surface area contributed by atoms with E-state index in [-0.39, 0.29) is 11.3 Å². The molecule has 2 heterocycles. The van der Waals surface area contributed by atoms with Crippen molar-refractivity contribution in [3.63, 3.8) is 0 Å². The quantitative estimate of drug-likeness (QED) is 0.832. The molecule has 6 nitrogen and oxygen atoms in total. The van der Waals surface area contributed by atoms with Gasteiger partial charge in [0.05, 0.1) is 18.0 Å². The minimum Gasteiger partial charge on any atom is -0.399 e. The first-order chi connectivity index (χ1) is 11.3. The maximum absolute atomic E-state index is 12.6. The van der Waals surface area contributed by atoms with Gasteiger partial charge in [-0.05, 0) is 24.6 Å². The minimum absolute atomic E-state index is 0.135. The number of fused-ring (bicyclic) bond motifs is 1.